The Morgan fingerprint density at radius 1 is 0.875 bits per heavy atom. The van der Waals surface area contributed by atoms with Crippen LogP contribution >= 0.6 is 11.6 Å². The number of anilines is 1. The van der Waals surface area contributed by atoms with E-state index in [9.17, 15) is 18.0 Å². The van der Waals surface area contributed by atoms with E-state index in [0.29, 0.717) is 22.8 Å². The summed E-state index contributed by atoms with van der Waals surface area (Å²) in [5, 5.41) is 3.27. The standard InChI is InChI=1S/C31H38ClN3O4S/c1-21(2)18-33-31(37)25(6)34(19-26-14-10-22(3)11-15-26)30(36)20-35(29-9-7-8-28(32)24(29)5)40(38,39)27-16-12-23(4)13-17-27/h7-17,21,25H,18-20H2,1-6H3,(H,33,37)/t25-/m0/s1. The highest BCUT2D eigenvalue weighted by Crippen LogP contribution is 2.31. The molecule has 0 aliphatic rings. The van der Waals surface area contributed by atoms with Crippen LogP contribution in [0.25, 0.3) is 0 Å². The van der Waals surface area contributed by atoms with Gasteiger partial charge in [0.15, 0.2) is 0 Å². The van der Waals surface area contributed by atoms with Crippen molar-refractivity contribution in [3.63, 3.8) is 0 Å². The van der Waals surface area contributed by atoms with Gasteiger partial charge >= 0.3 is 0 Å². The number of amides is 2. The fourth-order valence-corrected chi connectivity index (χ4v) is 5.78. The van der Waals surface area contributed by atoms with Crippen molar-refractivity contribution >= 4 is 39.1 Å². The number of hydrogen-bond acceptors (Lipinski definition) is 4. The minimum absolute atomic E-state index is 0.0538. The lowest BCUT2D eigenvalue weighted by atomic mass is 10.1. The Balaban J connectivity index is 2.05. The lowest BCUT2D eigenvalue weighted by molar-refractivity contribution is -0.139. The molecule has 0 aromatic heterocycles. The molecule has 0 bridgehead atoms. The van der Waals surface area contributed by atoms with Gasteiger partial charge in [0.1, 0.15) is 12.6 Å². The van der Waals surface area contributed by atoms with Gasteiger partial charge in [-0.05, 0) is 69.0 Å². The molecule has 0 aliphatic carbocycles. The minimum Gasteiger partial charge on any atom is -0.354 e. The highest BCUT2D eigenvalue weighted by molar-refractivity contribution is 7.92. The Morgan fingerprint density at radius 3 is 2.02 bits per heavy atom. The number of sulfonamides is 1. The Kier molecular flexibility index (Phi) is 10.4. The quantitative estimate of drug-likeness (QED) is 0.316. The van der Waals surface area contributed by atoms with Crippen molar-refractivity contribution in [1.82, 2.24) is 10.2 Å². The van der Waals surface area contributed by atoms with Crippen LogP contribution in [0.2, 0.25) is 5.02 Å². The smallest absolute Gasteiger partial charge is 0.264 e. The molecule has 0 aliphatic heterocycles. The van der Waals surface area contributed by atoms with Gasteiger partial charge in [-0.1, -0.05) is 79.0 Å². The first-order valence-corrected chi connectivity index (χ1v) is 15.1. The number of carbonyl (C=O) groups excluding carboxylic acids is 2. The topological polar surface area (TPSA) is 86.8 Å². The minimum atomic E-state index is -4.16. The molecular formula is C31H38ClN3O4S. The van der Waals surface area contributed by atoms with Gasteiger partial charge in [0, 0.05) is 18.1 Å². The molecule has 2 amide bonds. The lowest BCUT2D eigenvalue weighted by Crippen LogP contribution is -2.51. The zero-order valence-corrected chi connectivity index (χ0v) is 25.5. The molecule has 1 atom stereocenters. The molecule has 1 N–H and O–H groups in total. The maximum absolute atomic E-state index is 14.0. The number of carbonyl (C=O) groups is 2. The van der Waals surface area contributed by atoms with Crippen LogP contribution in [0.5, 0.6) is 0 Å². The number of hydrogen-bond donors (Lipinski definition) is 1. The molecule has 214 valence electrons. The van der Waals surface area contributed by atoms with E-state index in [-0.39, 0.29) is 23.3 Å². The van der Waals surface area contributed by atoms with Crippen LogP contribution in [0.3, 0.4) is 0 Å². The molecule has 9 heteroatoms. The van der Waals surface area contributed by atoms with E-state index in [1.54, 1.807) is 44.2 Å². The Morgan fingerprint density at radius 2 is 1.45 bits per heavy atom. The van der Waals surface area contributed by atoms with Crippen LogP contribution in [0.15, 0.2) is 71.6 Å². The van der Waals surface area contributed by atoms with Gasteiger partial charge < -0.3 is 10.2 Å². The van der Waals surface area contributed by atoms with E-state index in [4.69, 9.17) is 11.6 Å². The number of nitrogens with zero attached hydrogens (tertiary/aromatic N) is 2. The number of rotatable bonds is 11. The van der Waals surface area contributed by atoms with Crippen LogP contribution in [-0.4, -0.2) is 44.3 Å². The molecular weight excluding hydrogens is 546 g/mol. The van der Waals surface area contributed by atoms with Gasteiger partial charge in [0.05, 0.1) is 10.6 Å². The molecule has 0 heterocycles. The van der Waals surface area contributed by atoms with E-state index >= 15 is 0 Å². The van der Waals surface area contributed by atoms with E-state index in [2.05, 4.69) is 5.32 Å². The van der Waals surface area contributed by atoms with Crippen molar-refractivity contribution in [2.24, 2.45) is 5.92 Å². The van der Waals surface area contributed by atoms with Crippen LogP contribution in [0.1, 0.15) is 43.0 Å². The maximum Gasteiger partial charge on any atom is 0.264 e. The predicted octanol–water partition coefficient (Wildman–Crippen LogP) is 5.65. The molecule has 0 saturated carbocycles. The first-order valence-electron chi connectivity index (χ1n) is 13.3. The van der Waals surface area contributed by atoms with Gasteiger partial charge in [-0.2, -0.15) is 0 Å². The van der Waals surface area contributed by atoms with Crippen molar-refractivity contribution in [1.29, 1.82) is 0 Å². The third kappa shape index (κ3) is 7.64. The maximum atomic E-state index is 14.0. The second kappa shape index (κ2) is 13.3. The van der Waals surface area contributed by atoms with E-state index in [0.717, 1.165) is 21.0 Å². The van der Waals surface area contributed by atoms with Gasteiger partial charge in [0.2, 0.25) is 11.8 Å². The van der Waals surface area contributed by atoms with Crippen LogP contribution in [-0.2, 0) is 26.2 Å². The second-order valence-corrected chi connectivity index (χ2v) is 12.8. The molecule has 0 spiro atoms. The summed E-state index contributed by atoms with van der Waals surface area (Å²) in [4.78, 5) is 28.6. The van der Waals surface area contributed by atoms with Gasteiger partial charge in [-0.15, -0.1) is 0 Å². The highest BCUT2D eigenvalue weighted by Gasteiger charge is 2.33. The van der Waals surface area contributed by atoms with E-state index in [1.165, 1.54) is 17.0 Å². The average molecular weight is 584 g/mol. The molecule has 3 aromatic rings. The van der Waals surface area contributed by atoms with Crippen molar-refractivity contribution in [3.05, 3.63) is 94.0 Å². The van der Waals surface area contributed by atoms with Crippen molar-refractivity contribution in [2.45, 2.75) is 59.0 Å². The monoisotopic (exact) mass is 583 g/mol. The summed E-state index contributed by atoms with van der Waals surface area (Å²) < 4.78 is 29.0. The molecule has 3 rings (SSSR count). The summed E-state index contributed by atoms with van der Waals surface area (Å²) in [5.74, 6) is -0.581. The van der Waals surface area contributed by atoms with Crippen LogP contribution in [0, 0.1) is 26.7 Å². The summed E-state index contributed by atoms with van der Waals surface area (Å²) >= 11 is 6.38. The molecule has 0 fully saturated rings. The van der Waals surface area contributed by atoms with E-state index in [1.807, 2.05) is 52.0 Å². The predicted molar refractivity (Wildman–Crippen MR) is 161 cm³/mol. The summed E-state index contributed by atoms with van der Waals surface area (Å²) in [6.07, 6.45) is 0. The molecule has 7 nitrogen and oxygen atoms in total. The van der Waals surface area contributed by atoms with Gasteiger partial charge in [-0.3, -0.25) is 13.9 Å². The Hall–Kier alpha value is -3.36. The SMILES string of the molecule is Cc1ccc(CN(C(=O)CN(c2cccc(Cl)c2C)S(=O)(=O)c2ccc(C)cc2)[C@@H](C)C(=O)NCC(C)C)cc1. The van der Waals surface area contributed by atoms with E-state index < -0.39 is 28.5 Å². The number of benzene rings is 3. The molecule has 3 aromatic carbocycles. The number of nitrogens with one attached hydrogen (secondary N) is 1. The van der Waals surface area contributed by atoms with Gasteiger partial charge in [0.25, 0.3) is 10.0 Å². The van der Waals surface area contributed by atoms with Crippen molar-refractivity contribution in [2.75, 3.05) is 17.4 Å². The van der Waals surface area contributed by atoms with Crippen LogP contribution in [0.4, 0.5) is 5.69 Å². The van der Waals surface area contributed by atoms with Crippen molar-refractivity contribution < 1.29 is 18.0 Å². The van der Waals surface area contributed by atoms with Crippen LogP contribution < -0.4 is 9.62 Å². The molecule has 0 radical (unpaired) electrons. The Labute approximate surface area is 243 Å². The summed E-state index contributed by atoms with van der Waals surface area (Å²) in [6, 6.07) is 18.2. The molecule has 0 unspecified atom stereocenters. The first kappa shape index (κ1) is 31.2. The normalized spacial score (nSPS) is 12.2. The fraction of sp³-hybridized carbons (Fsp3) is 0.355. The third-order valence-electron chi connectivity index (χ3n) is 6.72. The fourth-order valence-electron chi connectivity index (χ4n) is 4.14. The summed E-state index contributed by atoms with van der Waals surface area (Å²) in [6.45, 7) is 11.3. The first-order chi connectivity index (χ1) is 18.8. The largest absolute Gasteiger partial charge is 0.354 e. The molecule has 40 heavy (non-hydrogen) atoms. The Bertz CT molecular complexity index is 1440. The summed E-state index contributed by atoms with van der Waals surface area (Å²) in [7, 11) is -4.16. The second-order valence-electron chi connectivity index (χ2n) is 10.5. The number of halogens is 1. The summed E-state index contributed by atoms with van der Waals surface area (Å²) in [5.41, 5.74) is 3.63. The number of aryl methyl sites for hydroxylation is 2. The highest BCUT2D eigenvalue weighted by atomic mass is 35.5. The lowest BCUT2D eigenvalue weighted by Gasteiger charge is -2.32. The van der Waals surface area contributed by atoms with Gasteiger partial charge in [-0.25, -0.2) is 8.42 Å². The zero-order valence-electron chi connectivity index (χ0n) is 23.9. The zero-order chi connectivity index (χ0) is 29.6. The molecule has 0 saturated heterocycles. The van der Waals surface area contributed by atoms with Crippen molar-refractivity contribution in [3.8, 4) is 0 Å². The average Bonchev–Trinajstić information content (AvgIpc) is 2.91. The third-order valence-corrected chi connectivity index (χ3v) is 8.90.